The Kier molecular flexibility index (Phi) is 6.10. The van der Waals surface area contributed by atoms with Crippen molar-refractivity contribution < 1.29 is 9.53 Å². The summed E-state index contributed by atoms with van der Waals surface area (Å²) in [6.45, 7) is 1.98. The van der Waals surface area contributed by atoms with Crippen molar-refractivity contribution in [2.24, 2.45) is 0 Å². The van der Waals surface area contributed by atoms with Crippen molar-refractivity contribution in [2.75, 3.05) is 13.7 Å². The van der Waals surface area contributed by atoms with E-state index in [2.05, 4.69) is 20.9 Å². The molecule has 0 aliphatic carbocycles. The van der Waals surface area contributed by atoms with Crippen LogP contribution in [-0.4, -0.2) is 24.7 Å². The van der Waals surface area contributed by atoms with Crippen molar-refractivity contribution in [3.05, 3.63) is 35.9 Å². The number of methoxy groups -OCH3 is 1. The van der Waals surface area contributed by atoms with Gasteiger partial charge in [-0.15, -0.1) is 0 Å². The molecule has 1 amide bonds. The lowest BCUT2D eigenvalue weighted by Crippen LogP contribution is -2.48. The quantitative estimate of drug-likeness (QED) is 0.558. The number of thiocarbonyl (C=S) groups is 1. The predicted molar refractivity (Wildman–Crippen MR) is 73.7 cm³/mol. The molecule has 1 aromatic carbocycles. The molecule has 0 heterocycles. The zero-order valence-electron chi connectivity index (χ0n) is 10.4. The molecule has 3 N–H and O–H groups in total. The summed E-state index contributed by atoms with van der Waals surface area (Å²) in [5.74, 6) is -0.283. The van der Waals surface area contributed by atoms with Crippen molar-refractivity contribution in [1.82, 2.24) is 16.2 Å². The number of carbonyl (C=O) groups is 1. The van der Waals surface area contributed by atoms with Crippen LogP contribution in [0.25, 0.3) is 0 Å². The first-order valence-electron chi connectivity index (χ1n) is 5.52. The van der Waals surface area contributed by atoms with E-state index < -0.39 is 0 Å². The molecule has 18 heavy (non-hydrogen) atoms. The van der Waals surface area contributed by atoms with Gasteiger partial charge >= 0.3 is 0 Å². The minimum atomic E-state index is -0.283. The number of nitrogens with one attached hydrogen (secondary N) is 3. The maximum Gasteiger partial charge on any atom is 0.264 e. The number of ether oxygens (including phenoxy) is 1. The summed E-state index contributed by atoms with van der Waals surface area (Å²) in [6.07, 6.45) is 0. The average molecular weight is 267 g/mol. The Hall–Kier alpha value is -1.66. The summed E-state index contributed by atoms with van der Waals surface area (Å²) >= 11 is 5.06. The first-order valence-corrected chi connectivity index (χ1v) is 5.93. The van der Waals surface area contributed by atoms with E-state index in [-0.39, 0.29) is 18.6 Å². The highest BCUT2D eigenvalue weighted by molar-refractivity contribution is 7.80. The van der Waals surface area contributed by atoms with Crippen LogP contribution in [0.5, 0.6) is 0 Å². The van der Waals surface area contributed by atoms with Gasteiger partial charge in [0.2, 0.25) is 0 Å². The van der Waals surface area contributed by atoms with Gasteiger partial charge in [0.15, 0.2) is 5.11 Å². The standard InChI is InChI=1S/C12H17N3O2S/c1-9(10-6-4-3-5-7-10)13-12(18)15-14-11(16)8-17-2/h3-7,9H,8H2,1-2H3,(H,14,16)(H2,13,15,18)/t9-/m0/s1. The molecule has 0 fully saturated rings. The van der Waals surface area contributed by atoms with Crippen LogP contribution in [0.1, 0.15) is 18.5 Å². The second-order valence-electron chi connectivity index (χ2n) is 3.71. The molecule has 1 aromatic rings. The molecule has 5 nitrogen and oxygen atoms in total. The predicted octanol–water partition coefficient (Wildman–Crippen LogP) is 0.889. The zero-order chi connectivity index (χ0) is 13.4. The fourth-order valence-corrected chi connectivity index (χ4v) is 1.58. The topological polar surface area (TPSA) is 62.4 Å². The Morgan fingerprint density at radius 1 is 1.33 bits per heavy atom. The van der Waals surface area contributed by atoms with Crippen LogP contribution in [-0.2, 0) is 9.53 Å². The largest absolute Gasteiger partial charge is 0.375 e. The number of carbonyl (C=O) groups excluding carboxylic acids is 1. The lowest BCUT2D eigenvalue weighted by atomic mass is 10.1. The molecule has 0 aromatic heterocycles. The van der Waals surface area contributed by atoms with Crippen molar-refractivity contribution in [3.8, 4) is 0 Å². The van der Waals surface area contributed by atoms with Gasteiger partial charge in [-0.05, 0) is 24.7 Å². The van der Waals surface area contributed by atoms with E-state index in [1.54, 1.807) is 0 Å². The third-order valence-corrected chi connectivity index (χ3v) is 2.46. The van der Waals surface area contributed by atoms with E-state index in [0.717, 1.165) is 5.56 Å². The summed E-state index contributed by atoms with van der Waals surface area (Å²) in [6, 6.07) is 9.95. The number of hydrogen-bond acceptors (Lipinski definition) is 3. The molecule has 0 saturated carbocycles. The highest BCUT2D eigenvalue weighted by Crippen LogP contribution is 2.10. The summed E-state index contributed by atoms with van der Waals surface area (Å²) < 4.78 is 4.67. The molecular formula is C12H17N3O2S. The highest BCUT2D eigenvalue weighted by Gasteiger charge is 2.06. The molecular weight excluding hydrogens is 250 g/mol. The summed E-state index contributed by atoms with van der Waals surface area (Å²) in [7, 11) is 1.45. The second kappa shape index (κ2) is 7.62. The van der Waals surface area contributed by atoms with E-state index in [0.29, 0.717) is 5.11 Å². The maximum absolute atomic E-state index is 11.1. The minimum Gasteiger partial charge on any atom is -0.375 e. The van der Waals surface area contributed by atoms with Crippen LogP contribution in [0.15, 0.2) is 30.3 Å². The van der Waals surface area contributed by atoms with E-state index in [1.165, 1.54) is 7.11 Å². The fraction of sp³-hybridized carbons (Fsp3) is 0.333. The lowest BCUT2D eigenvalue weighted by Gasteiger charge is -2.17. The van der Waals surface area contributed by atoms with Crippen LogP contribution in [0.2, 0.25) is 0 Å². The van der Waals surface area contributed by atoms with Crippen LogP contribution in [0.4, 0.5) is 0 Å². The van der Waals surface area contributed by atoms with Crippen molar-refractivity contribution in [3.63, 3.8) is 0 Å². The molecule has 1 atom stereocenters. The Morgan fingerprint density at radius 2 is 2.00 bits per heavy atom. The Bertz CT molecular complexity index is 398. The first-order chi connectivity index (χ1) is 8.63. The second-order valence-corrected chi connectivity index (χ2v) is 4.12. The van der Waals surface area contributed by atoms with Gasteiger partial charge in [0, 0.05) is 7.11 Å². The molecule has 0 radical (unpaired) electrons. The molecule has 0 saturated heterocycles. The van der Waals surface area contributed by atoms with Crippen LogP contribution in [0, 0.1) is 0 Å². The SMILES string of the molecule is COCC(=O)NNC(=S)N[C@@H](C)c1ccccc1. The number of rotatable bonds is 4. The molecule has 0 aliphatic heterocycles. The highest BCUT2D eigenvalue weighted by atomic mass is 32.1. The molecule has 0 bridgehead atoms. The minimum absolute atomic E-state index is 0.0101. The van der Waals surface area contributed by atoms with E-state index in [1.807, 2.05) is 37.3 Å². The fourth-order valence-electron chi connectivity index (χ4n) is 1.35. The Morgan fingerprint density at radius 3 is 2.61 bits per heavy atom. The number of benzene rings is 1. The van der Waals surface area contributed by atoms with Crippen molar-refractivity contribution >= 4 is 23.2 Å². The Balaban J connectivity index is 2.34. The van der Waals surface area contributed by atoms with E-state index in [9.17, 15) is 4.79 Å². The molecule has 1 rings (SSSR count). The number of hydrazine groups is 1. The maximum atomic E-state index is 11.1. The van der Waals surface area contributed by atoms with Crippen molar-refractivity contribution in [2.45, 2.75) is 13.0 Å². The van der Waals surface area contributed by atoms with E-state index in [4.69, 9.17) is 12.2 Å². The van der Waals surface area contributed by atoms with Gasteiger partial charge in [-0.2, -0.15) is 0 Å². The molecule has 0 aliphatic rings. The van der Waals surface area contributed by atoms with Gasteiger partial charge in [0.25, 0.3) is 5.91 Å². The normalized spacial score (nSPS) is 11.4. The van der Waals surface area contributed by atoms with Crippen LogP contribution in [0.3, 0.4) is 0 Å². The first kappa shape index (κ1) is 14.4. The zero-order valence-corrected chi connectivity index (χ0v) is 11.2. The number of amides is 1. The third kappa shape index (κ3) is 5.11. The van der Waals surface area contributed by atoms with Crippen LogP contribution < -0.4 is 16.2 Å². The van der Waals surface area contributed by atoms with Gasteiger partial charge in [0.05, 0.1) is 6.04 Å². The van der Waals surface area contributed by atoms with Gasteiger partial charge in [-0.25, -0.2) is 0 Å². The smallest absolute Gasteiger partial charge is 0.264 e. The van der Waals surface area contributed by atoms with Gasteiger partial charge in [0.1, 0.15) is 6.61 Å². The summed E-state index contributed by atoms with van der Waals surface area (Å²) in [4.78, 5) is 11.1. The molecule has 6 heteroatoms. The average Bonchev–Trinajstić information content (AvgIpc) is 2.38. The lowest BCUT2D eigenvalue weighted by molar-refractivity contribution is -0.125. The van der Waals surface area contributed by atoms with Gasteiger partial charge in [-0.3, -0.25) is 15.6 Å². The van der Waals surface area contributed by atoms with Gasteiger partial charge in [-0.1, -0.05) is 30.3 Å². The van der Waals surface area contributed by atoms with Crippen LogP contribution >= 0.6 is 12.2 Å². The third-order valence-electron chi connectivity index (χ3n) is 2.24. The van der Waals surface area contributed by atoms with Gasteiger partial charge < -0.3 is 10.1 Å². The summed E-state index contributed by atoms with van der Waals surface area (Å²) in [5.41, 5.74) is 6.15. The monoisotopic (exact) mass is 267 g/mol. The number of hydrogen-bond donors (Lipinski definition) is 3. The Labute approximate surface area is 112 Å². The molecule has 98 valence electrons. The molecule has 0 spiro atoms. The summed E-state index contributed by atoms with van der Waals surface area (Å²) in [5, 5.41) is 3.42. The van der Waals surface area contributed by atoms with Crippen molar-refractivity contribution in [1.29, 1.82) is 0 Å². The van der Waals surface area contributed by atoms with E-state index >= 15 is 0 Å². The molecule has 0 unspecified atom stereocenters.